The molecule has 2 aromatic rings. The Labute approximate surface area is 131 Å². The van der Waals surface area contributed by atoms with E-state index in [9.17, 15) is 0 Å². The number of nitrogens with zero attached hydrogens (tertiary/aromatic N) is 1. The molecule has 2 nitrogen and oxygen atoms in total. The fourth-order valence-electron chi connectivity index (χ4n) is 3.11. The Morgan fingerprint density at radius 1 is 1.19 bits per heavy atom. The van der Waals surface area contributed by atoms with E-state index in [0.29, 0.717) is 6.04 Å². The molecule has 0 spiro atoms. The lowest BCUT2D eigenvalue weighted by Gasteiger charge is -2.22. The third-order valence-corrected chi connectivity index (χ3v) is 5.32. The Hall–Kier alpha value is -1.19. The van der Waals surface area contributed by atoms with Crippen molar-refractivity contribution in [3.05, 3.63) is 50.5 Å². The number of benzene rings is 1. The van der Waals surface area contributed by atoms with E-state index in [-0.39, 0.29) is 6.04 Å². The van der Waals surface area contributed by atoms with Crippen LogP contribution in [-0.4, -0.2) is 11.0 Å². The maximum atomic E-state index is 4.94. The number of hydrogen-bond donors (Lipinski definition) is 1. The van der Waals surface area contributed by atoms with Gasteiger partial charge in [0.2, 0.25) is 0 Å². The molecule has 0 fully saturated rings. The smallest absolute Gasteiger partial charge is 0.115 e. The van der Waals surface area contributed by atoms with Crippen LogP contribution in [0.4, 0.5) is 0 Å². The number of thiazole rings is 1. The van der Waals surface area contributed by atoms with Gasteiger partial charge >= 0.3 is 0 Å². The summed E-state index contributed by atoms with van der Waals surface area (Å²) in [5.41, 5.74) is 5.38. The predicted molar refractivity (Wildman–Crippen MR) is 90.2 cm³/mol. The molecule has 1 heterocycles. The molecule has 0 saturated heterocycles. The lowest BCUT2D eigenvalue weighted by molar-refractivity contribution is 0.524. The Morgan fingerprint density at radius 3 is 2.67 bits per heavy atom. The van der Waals surface area contributed by atoms with Crippen molar-refractivity contribution in [3.8, 4) is 0 Å². The fraction of sp³-hybridized carbons (Fsp3) is 0.500. The van der Waals surface area contributed by atoms with Gasteiger partial charge in [0.05, 0.1) is 11.7 Å². The van der Waals surface area contributed by atoms with Crippen molar-refractivity contribution in [2.45, 2.75) is 59.0 Å². The molecule has 1 aliphatic carbocycles. The third kappa shape index (κ3) is 3.04. The number of nitrogens with one attached hydrogen (secondary N) is 1. The van der Waals surface area contributed by atoms with Crippen molar-refractivity contribution in [1.82, 2.24) is 10.3 Å². The first-order valence-electron chi connectivity index (χ1n) is 7.86. The zero-order valence-corrected chi connectivity index (χ0v) is 14.2. The molecule has 0 radical (unpaired) electrons. The second-order valence-electron chi connectivity index (χ2n) is 6.39. The average Bonchev–Trinajstić information content (AvgIpc) is 2.96. The van der Waals surface area contributed by atoms with E-state index in [1.807, 2.05) is 11.3 Å². The molecular weight excluding hydrogens is 276 g/mol. The molecule has 0 saturated carbocycles. The normalized spacial score (nSPS) is 15.5. The number of rotatable bonds is 4. The summed E-state index contributed by atoms with van der Waals surface area (Å²) < 4.78 is 0. The van der Waals surface area contributed by atoms with Gasteiger partial charge in [0.15, 0.2) is 0 Å². The molecule has 1 aromatic carbocycles. The Bertz CT molecular complexity index is 621. The molecule has 1 aromatic heterocycles. The molecular formula is C18H24N2S. The van der Waals surface area contributed by atoms with Crippen LogP contribution in [0.15, 0.2) is 18.2 Å². The molecule has 1 N–H and O–H groups in total. The molecule has 112 valence electrons. The van der Waals surface area contributed by atoms with Crippen molar-refractivity contribution >= 4 is 11.3 Å². The van der Waals surface area contributed by atoms with Crippen molar-refractivity contribution < 1.29 is 0 Å². The van der Waals surface area contributed by atoms with E-state index in [0.717, 1.165) is 6.42 Å². The number of aryl methyl sites for hydroxylation is 4. The molecule has 21 heavy (non-hydrogen) atoms. The predicted octanol–water partition coefficient (Wildman–Crippen LogP) is 4.34. The van der Waals surface area contributed by atoms with Crippen molar-refractivity contribution in [2.24, 2.45) is 0 Å². The second kappa shape index (κ2) is 5.90. The van der Waals surface area contributed by atoms with Gasteiger partial charge in [-0.15, -0.1) is 11.3 Å². The van der Waals surface area contributed by atoms with Crippen LogP contribution >= 0.6 is 11.3 Å². The van der Waals surface area contributed by atoms with Crippen molar-refractivity contribution in [3.63, 3.8) is 0 Å². The summed E-state index contributed by atoms with van der Waals surface area (Å²) in [5, 5.41) is 4.95. The van der Waals surface area contributed by atoms with Crippen LogP contribution in [-0.2, 0) is 12.8 Å². The molecule has 3 heteroatoms. The third-order valence-electron chi connectivity index (χ3n) is 4.10. The molecule has 1 atom stereocenters. The van der Waals surface area contributed by atoms with E-state index >= 15 is 0 Å². The van der Waals surface area contributed by atoms with Gasteiger partial charge in [0.25, 0.3) is 0 Å². The second-order valence-corrected chi connectivity index (χ2v) is 7.51. The lowest BCUT2D eigenvalue weighted by Crippen LogP contribution is -2.29. The van der Waals surface area contributed by atoms with Crippen LogP contribution in [0, 0.1) is 13.8 Å². The maximum absolute atomic E-state index is 4.94. The summed E-state index contributed by atoms with van der Waals surface area (Å²) in [4.78, 5) is 6.45. The van der Waals surface area contributed by atoms with Gasteiger partial charge in [-0.25, -0.2) is 4.98 Å². The number of fused-ring (bicyclic) bond motifs is 1. The van der Waals surface area contributed by atoms with E-state index in [4.69, 9.17) is 4.98 Å². The maximum Gasteiger partial charge on any atom is 0.115 e. The number of hydrogen-bond acceptors (Lipinski definition) is 3. The van der Waals surface area contributed by atoms with E-state index in [1.165, 1.54) is 45.1 Å². The van der Waals surface area contributed by atoms with Crippen LogP contribution in [0.2, 0.25) is 0 Å². The van der Waals surface area contributed by atoms with Crippen LogP contribution in [0.5, 0.6) is 0 Å². The lowest BCUT2D eigenvalue weighted by atomic mass is 9.99. The van der Waals surface area contributed by atoms with Gasteiger partial charge in [-0.05, 0) is 58.1 Å². The fourth-order valence-corrected chi connectivity index (χ4v) is 4.34. The van der Waals surface area contributed by atoms with Gasteiger partial charge in [-0.2, -0.15) is 0 Å². The highest BCUT2D eigenvalue weighted by molar-refractivity contribution is 7.11. The summed E-state index contributed by atoms with van der Waals surface area (Å²) in [7, 11) is 0. The molecule has 3 rings (SSSR count). The highest BCUT2D eigenvalue weighted by Gasteiger charge is 2.24. The van der Waals surface area contributed by atoms with Gasteiger partial charge in [0.1, 0.15) is 5.01 Å². The summed E-state index contributed by atoms with van der Waals surface area (Å²) in [5.74, 6) is 0. The first kappa shape index (κ1) is 14.7. The Balaban J connectivity index is 2.00. The van der Waals surface area contributed by atoms with Crippen molar-refractivity contribution in [1.29, 1.82) is 0 Å². The first-order chi connectivity index (χ1) is 10.0. The van der Waals surface area contributed by atoms with E-state index < -0.39 is 0 Å². The highest BCUT2D eigenvalue weighted by Crippen LogP contribution is 2.34. The monoisotopic (exact) mass is 300 g/mol. The van der Waals surface area contributed by atoms with Gasteiger partial charge in [0, 0.05) is 10.9 Å². The van der Waals surface area contributed by atoms with Gasteiger partial charge in [-0.3, -0.25) is 0 Å². The Morgan fingerprint density at radius 2 is 2.00 bits per heavy atom. The van der Waals surface area contributed by atoms with Crippen molar-refractivity contribution in [2.75, 3.05) is 0 Å². The van der Waals surface area contributed by atoms with E-state index in [1.54, 1.807) is 0 Å². The molecule has 0 bridgehead atoms. The number of aromatic nitrogens is 1. The summed E-state index contributed by atoms with van der Waals surface area (Å²) in [6.45, 7) is 8.77. The zero-order valence-electron chi connectivity index (χ0n) is 13.4. The quantitative estimate of drug-likeness (QED) is 0.908. The van der Waals surface area contributed by atoms with Crippen LogP contribution in [0.3, 0.4) is 0 Å². The molecule has 0 aliphatic heterocycles. The summed E-state index contributed by atoms with van der Waals surface area (Å²) in [6.07, 6.45) is 3.65. The minimum absolute atomic E-state index is 0.223. The Kier molecular flexibility index (Phi) is 4.14. The largest absolute Gasteiger partial charge is 0.302 e. The van der Waals surface area contributed by atoms with Crippen LogP contribution in [0.25, 0.3) is 0 Å². The summed E-state index contributed by atoms with van der Waals surface area (Å²) in [6, 6.07) is 7.40. The molecule has 1 aliphatic rings. The van der Waals surface area contributed by atoms with Crippen LogP contribution < -0.4 is 5.32 Å². The minimum Gasteiger partial charge on any atom is -0.302 e. The summed E-state index contributed by atoms with van der Waals surface area (Å²) >= 11 is 1.91. The zero-order chi connectivity index (χ0) is 15.0. The van der Waals surface area contributed by atoms with Gasteiger partial charge in [-0.1, -0.05) is 23.8 Å². The highest BCUT2D eigenvalue weighted by atomic mass is 32.1. The first-order valence-corrected chi connectivity index (χ1v) is 8.68. The standard InChI is InChI=1S/C18H24N2S/c1-11(2)19-17(14-9-8-12(3)10-13(14)4)18-20-15-6-5-7-16(15)21-18/h8-11,17,19H,5-7H2,1-4H3. The molecule has 1 unspecified atom stereocenters. The topological polar surface area (TPSA) is 24.9 Å². The SMILES string of the molecule is Cc1ccc(C(NC(C)C)c2nc3c(s2)CCC3)c(C)c1. The molecule has 0 amide bonds. The van der Waals surface area contributed by atoms with E-state index in [2.05, 4.69) is 51.2 Å². The van der Waals surface area contributed by atoms with Crippen LogP contribution in [0.1, 0.15) is 58.6 Å². The average molecular weight is 300 g/mol. The van der Waals surface area contributed by atoms with Gasteiger partial charge < -0.3 is 5.32 Å². The minimum atomic E-state index is 0.223.